The predicted octanol–water partition coefficient (Wildman–Crippen LogP) is 4.44. The highest BCUT2D eigenvalue weighted by Crippen LogP contribution is 2.49. The summed E-state index contributed by atoms with van der Waals surface area (Å²) in [4.78, 5) is 3.34. The van der Waals surface area contributed by atoms with Crippen molar-refractivity contribution in [2.45, 2.75) is 18.4 Å². The van der Waals surface area contributed by atoms with Gasteiger partial charge in [-0.05, 0) is 79.7 Å². The largest absolute Gasteiger partial charge is 0.495 e. The highest BCUT2D eigenvalue weighted by Gasteiger charge is 2.45. The van der Waals surface area contributed by atoms with Crippen LogP contribution >= 0.6 is 22.9 Å². The molecule has 0 radical (unpaired) electrons. The maximum absolute atomic E-state index is 12.1. The minimum absolute atomic E-state index is 0.168. The molecular formula is C20H22ClNO2S. The van der Waals surface area contributed by atoms with Gasteiger partial charge in [0.05, 0.1) is 12.0 Å². The zero-order valence-corrected chi connectivity index (χ0v) is 16.0. The number of likely N-dealkylation sites (tertiary alicyclic amines) is 1. The van der Waals surface area contributed by atoms with Gasteiger partial charge in [0.15, 0.2) is 0 Å². The third-order valence-electron chi connectivity index (χ3n) is 5.54. The summed E-state index contributed by atoms with van der Waals surface area (Å²) < 4.78 is 5.66. The molecule has 0 bridgehead atoms. The highest BCUT2D eigenvalue weighted by molar-refractivity contribution is 7.11. The molecule has 1 fully saturated rings. The second kappa shape index (κ2) is 6.44. The Labute approximate surface area is 157 Å². The lowest BCUT2D eigenvalue weighted by molar-refractivity contribution is -0.0108. The Morgan fingerprint density at radius 3 is 2.72 bits per heavy atom. The number of thiophene rings is 1. The van der Waals surface area contributed by atoms with Gasteiger partial charge in [-0.2, -0.15) is 0 Å². The Kier molecular flexibility index (Phi) is 4.40. The first-order valence-electron chi connectivity index (χ1n) is 8.59. The number of ether oxygens (including phenoxy) is 1. The fourth-order valence-corrected chi connectivity index (χ4v) is 5.30. The number of benzene rings is 1. The van der Waals surface area contributed by atoms with Crippen LogP contribution in [0.2, 0.25) is 5.02 Å². The van der Waals surface area contributed by atoms with Gasteiger partial charge in [0, 0.05) is 10.6 Å². The molecular weight excluding hydrogens is 354 g/mol. The van der Waals surface area contributed by atoms with Gasteiger partial charge in [-0.25, -0.2) is 0 Å². The number of hydrogen-bond donors (Lipinski definition) is 1. The first kappa shape index (κ1) is 17.1. The fraction of sp³-hybridized carbons (Fsp3) is 0.400. The molecule has 1 unspecified atom stereocenters. The molecule has 0 saturated carbocycles. The number of methoxy groups -OCH3 is 1. The van der Waals surface area contributed by atoms with Crippen LogP contribution in [0, 0.1) is 5.92 Å². The quantitative estimate of drug-likeness (QED) is 0.842. The predicted molar refractivity (Wildman–Crippen MR) is 104 cm³/mol. The van der Waals surface area contributed by atoms with Gasteiger partial charge in [0.1, 0.15) is 11.4 Å². The van der Waals surface area contributed by atoms with E-state index in [4.69, 9.17) is 16.3 Å². The Balaban J connectivity index is 1.94. The zero-order valence-electron chi connectivity index (χ0n) is 14.5. The molecule has 132 valence electrons. The summed E-state index contributed by atoms with van der Waals surface area (Å²) in [5.41, 5.74) is 1.81. The summed E-state index contributed by atoms with van der Waals surface area (Å²) in [5.74, 6) is 0.957. The molecule has 1 aliphatic heterocycles. The van der Waals surface area contributed by atoms with Crippen molar-refractivity contribution in [1.29, 1.82) is 0 Å². The maximum atomic E-state index is 12.1. The van der Waals surface area contributed by atoms with Gasteiger partial charge < -0.3 is 14.7 Å². The van der Waals surface area contributed by atoms with Crippen LogP contribution in [0.5, 0.6) is 0 Å². The van der Waals surface area contributed by atoms with E-state index >= 15 is 0 Å². The van der Waals surface area contributed by atoms with E-state index in [9.17, 15) is 5.11 Å². The van der Waals surface area contributed by atoms with Crippen LogP contribution in [-0.2, 0) is 10.3 Å². The Bertz CT molecular complexity index is 823. The first-order chi connectivity index (χ1) is 12.0. The molecule has 1 N–H and O–H groups in total. The van der Waals surface area contributed by atoms with Crippen LogP contribution < -0.4 is 0 Å². The number of rotatable bonds is 2. The van der Waals surface area contributed by atoms with Crippen molar-refractivity contribution >= 4 is 34.8 Å². The lowest BCUT2D eigenvalue weighted by atomic mass is 9.71. The van der Waals surface area contributed by atoms with Gasteiger partial charge in [0.25, 0.3) is 0 Å². The molecule has 1 atom stereocenters. The molecule has 1 saturated heterocycles. The van der Waals surface area contributed by atoms with Gasteiger partial charge in [0.2, 0.25) is 0 Å². The van der Waals surface area contributed by atoms with Crippen molar-refractivity contribution < 1.29 is 9.84 Å². The van der Waals surface area contributed by atoms with Crippen molar-refractivity contribution in [2.24, 2.45) is 5.92 Å². The minimum Gasteiger partial charge on any atom is -0.495 e. The van der Waals surface area contributed by atoms with Crippen LogP contribution in [0.25, 0.3) is 11.8 Å². The lowest BCUT2D eigenvalue weighted by Gasteiger charge is -2.41. The van der Waals surface area contributed by atoms with E-state index < -0.39 is 5.60 Å². The van der Waals surface area contributed by atoms with Gasteiger partial charge in [-0.1, -0.05) is 17.7 Å². The van der Waals surface area contributed by atoms with Crippen molar-refractivity contribution in [3.05, 3.63) is 56.2 Å². The summed E-state index contributed by atoms with van der Waals surface area (Å²) in [7, 11) is 3.82. The third-order valence-corrected chi connectivity index (χ3v) is 6.70. The second-order valence-corrected chi connectivity index (χ2v) is 8.30. The van der Waals surface area contributed by atoms with Crippen LogP contribution in [-0.4, -0.2) is 37.3 Å². The molecule has 25 heavy (non-hydrogen) atoms. The summed E-state index contributed by atoms with van der Waals surface area (Å²) in [6, 6.07) is 7.83. The molecule has 2 heterocycles. The first-order valence-corrected chi connectivity index (χ1v) is 9.84. The summed E-state index contributed by atoms with van der Waals surface area (Å²) in [5, 5.41) is 14.8. The normalized spacial score (nSPS) is 24.2. The molecule has 2 aliphatic rings. The van der Waals surface area contributed by atoms with Crippen molar-refractivity contribution in [1.82, 2.24) is 4.90 Å². The average molecular weight is 376 g/mol. The van der Waals surface area contributed by atoms with Crippen LogP contribution in [0.3, 0.4) is 0 Å². The molecule has 2 aromatic rings. The lowest BCUT2D eigenvalue weighted by Crippen LogP contribution is -2.43. The van der Waals surface area contributed by atoms with Crippen LogP contribution in [0.15, 0.2) is 29.6 Å². The van der Waals surface area contributed by atoms with Crippen molar-refractivity contribution in [3.8, 4) is 0 Å². The minimum atomic E-state index is -1.02. The summed E-state index contributed by atoms with van der Waals surface area (Å²) >= 11 is 7.86. The van der Waals surface area contributed by atoms with Crippen molar-refractivity contribution in [2.75, 3.05) is 27.2 Å². The van der Waals surface area contributed by atoms with E-state index in [1.54, 1.807) is 18.4 Å². The van der Waals surface area contributed by atoms with Crippen molar-refractivity contribution in [3.63, 3.8) is 0 Å². The van der Waals surface area contributed by atoms with Gasteiger partial charge in [-0.15, -0.1) is 11.3 Å². The van der Waals surface area contributed by atoms with E-state index in [0.29, 0.717) is 5.02 Å². The topological polar surface area (TPSA) is 32.7 Å². The smallest absolute Gasteiger partial charge is 0.137 e. The number of hydrogen-bond acceptors (Lipinski definition) is 4. The highest BCUT2D eigenvalue weighted by atomic mass is 35.5. The van der Waals surface area contributed by atoms with E-state index in [2.05, 4.69) is 18.0 Å². The fourth-order valence-electron chi connectivity index (χ4n) is 4.17. The van der Waals surface area contributed by atoms with Crippen LogP contribution in [0.1, 0.15) is 34.4 Å². The molecule has 0 amide bonds. The number of aliphatic hydroxyl groups is 1. The maximum Gasteiger partial charge on any atom is 0.137 e. The molecule has 4 rings (SSSR count). The number of nitrogens with zero attached hydrogens (tertiary/aromatic N) is 1. The van der Waals surface area contributed by atoms with E-state index in [0.717, 1.165) is 53.3 Å². The summed E-state index contributed by atoms with van der Waals surface area (Å²) in [6.07, 6.45) is 3.93. The standard InChI is InChI=1S/C20H22ClNO2S/c1-22-8-5-14(6-9-22)20(23)16-4-3-15(21)11-13(16)12-18(24-2)19-17(20)7-10-25-19/h3-4,7,10-12,14,23H,5-6,8-9H2,1-2H3. The van der Waals surface area contributed by atoms with E-state index in [-0.39, 0.29) is 5.92 Å². The molecule has 3 nitrogen and oxygen atoms in total. The Morgan fingerprint density at radius 1 is 1.24 bits per heavy atom. The number of halogens is 1. The molecule has 1 aliphatic carbocycles. The second-order valence-electron chi connectivity index (χ2n) is 6.95. The van der Waals surface area contributed by atoms with E-state index in [1.807, 2.05) is 29.7 Å². The average Bonchev–Trinajstić information content (AvgIpc) is 3.06. The monoisotopic (exact) mass is 375 g/mol. The molecule has 1 aromatic heterocycles. The summed E-state index contributed by atoms with van der Waals surface area (Å²) in [6.45, 7) is 2.00. The third kappa shape index (κ3) is 2.72. The van der Waals surface area contributed by atoms with Gasteiger partial charge in [-0.3, -0.25) is 0 Å². The van der Waals surface area contributed by atoms with Gasteiger partial charge >= 0.3 is 0 Å². The number of piperidine rings is 1. The Hall–Kier alpha value is -1.33. The van der Waals surface area contributed by atoms with E-state index in [1.165, 1.54) is 0 Å². The molecule has 0 spiro atoms. The van der Waals surface area contributed by atoms with Crippen LogP contribution in [0.4, 0.5) is 0 Å². The number of fused-ring (bicyclic) bond motifs is 2. The SMILES string of the molecule is COC1=Cc2cc(Cl)ccc2C(O)(C2CCN(C)CC2)c2ccsc21. The zero-order chi connectivity index (χ0) is 17.6. The molecule has 1 aromatic carbocycles. The molecule has 5 heteroatoms. The Morgan fingerprint density at radius 2 is 2.00 bits per heavy atom.